The maximum atomic E-state index is 8.90. The number of rotatable bonds is 3. The summed E-state index contributed by atoms with van der Waals surface area (Å²) in [5, 5.41) is 8.90. The van der Waals surface area contributed by atoms with Crippen molar-refractivity contribution in [2.75, 3.05) is 10.6 Å². The van der Waals surface area contributed by atoms with Crippen molar-refractivity contribution in [3.05, 3.63) is 36.2 Å². The van der Waals surface area contributed by atoms with Gasteiger partial charge in [0.2, 0.25) is 17.7 Å². The summed E-state index contributed by atoms with van der Waals surface area (Å²) in [5.41, 5.74) is 6.55. The quantitative estimate of drug-likeness (QED) is 0.899. The number of benzene rings is 1. The highest BCUT2D eigenvalue weighted by atomic mass is 15.3. The molecule has 2 N–H and O–H groups in total. The van der Waals surface area contributed by atoms with E-state index in [1.54, 1.807) is 0 Å². The molecule has 0 saturated carbocycles. The van der Waals surface area contributed by atoms with Crippen LogP contribution < -0.4 is 10.6 Å². The molecular weight excluding hydrogens is 240 g/mol. The fourth-order valence-electron chi connectivity index (χ4n) is 1.77. The van der Waals surface area contributed by atoms with Crippen LogP contribution in [0.1, 0.15) is 19.7 Å². The Morgan fingerprint density at radius 3 is 2.42 bits per heavy atom. The summed E-state index contributed by atoms with van der Waals surface area (Å²) in [7, 11) is 0. The van der Waals surface area contributed by atoms with Gasteiger partial charge in [-0.2, -0.15) is 20.2 Å². The minimum Gasteiger partial charge on any atom is -0.368 e. The summed E-state index contributed by atoms with van der Waals surface area (Å²) in [6, 6.07) is 11.7. The molecule has 0 amide bonds. The molecule has 0 saturated heterocycles. The van der Waals surface area contributed by atoms with E-state index >= 15 is 0 Å². The molecule has 0 unspecified atom stereocenters. The Hall–Kier alpha value is -2.68. The van der Waals surface area contributed by atoms with E-state index in [2.05, 4.69) is 15.0 Å². The number of nitrogen functional groups attached to an aromatic ring is 1. The Morgan fingerprint density at radius 2 is 1.84 bits per heavy atom. The number of anilines is 3. The Kier molecular flexibility index (Phi) is 3.57. The van der Waals surface area contributed by atoms with E-state index in [-0.39, 0.29) is 17.8 Å². The third-order valence-electron chi connectivity index (χ3n) is 2.51. The van der Waals surface area contributed by atoms with Gasteiger partial charge in [-0.15, -0.1) is 0 Å². The first-order valence-corrected chi connectivity index (χ1v) is 5.87. The summed E-state index contributed by atoms with van der Waals surface area (Å²) in [4.78, 5) is 13.9. The molecule has 0 radical (unpaired) electrons. The lowest BCUT2D eigenvalue weighted by molar-refractivity contribution is 0.758. The van der Waals surface area contributed by atoms with Gasteiger partial charge in [-0.25, -0.2) is 0 Å². The van der Waals surface area contributed by atoms with Crippen LogP contribution in [-0.2, 0) is 0 Å². The van der Waals surface area contributed by atoms with Crippen molar-refractivity contribution in [2.24, 2.45) is 0 Å². The highest BCUT2D eigenvalue weighted by molar-refractivity contribution is 5.58. The van der Waals surface area contributed by atoms with Crippen molar-refractivity contribution in [3.63, 3.8) is 0 Å². The highest BCUT2D eigenvalue weighted by Gasteiger charge is 2.17. The van der Waals surface area contributed by atoms with E-state index in [1.165, 1.54) is 0 Å². The van der Waals surface area contributed by atoms with E-state index in [9.17, 15) is 0 Å². The average Bonchev–Trinajstić information content (AvgIpc) is 2.39. The predicted octanol–water partition coefficient (Wildman–Crippen LogP) is 1.87. The predicted molar refractivity (Wildman–Crippen MR) is 72.7 cm³/mol. The van der Waals surface area contributed by atoms with Gasteiger partial charge in [0, 0.05) is 11.7 Å². The first kappa shape index (κ1) is 12.8. The van der Waals surface area contributed by atoms with E-state index in [0.717, 1.165) is 5.69 Å². The molecule has 0 fully saturated rings. The van der Waals surface area contributed by atoms with Gasteiger partial charge in [-0.05, 0) is 26.0 Å². The lowest BCUT2D eigenvalue weighted by atomic mass is 10.2. The monoisotopic (exact) mass is 254 g/mol. The summed E-state index contributed by atoms with van der Waals surface area (Å²) in [6.07, 6.45) is 0. The molecule has 2 rings (SSSR count). The molecule has 0 aliphatic heterocycles. The average molecular weight is 254 g/mol. The summed E-state index contributed by atoms with van der Waals surface area (Å²) in [5.74, 6) is 0.442. The lowest BCUT2D eigenvalue weighted by Crippen LogP contribution is -2.28. The first-order valence-electron chi connectivity index (χ1n) is 5.87. The molecule has 0 spiro atoms. The van der Waals surface area contributed by atoms with Crippen LogP contribution in [0.15, 0.2) is 30.3 Å². The zero-order valence-corrected chi connectivity index (χ0v) is 10.8. The molecule has 0 atom stereocenters. The van der Waals surface area contributed by atoms with Gasteiger partial charge in [-0.3, -0.25) is 0 Å². The zero-order valence-electron chi connectivity index (χ0n) is 10.8. The molecule has 0 bridgehead atoms. The molecule has 1 aromatic carbocycles. The molecule has 2 aromatic rings. The van der Waals surface area contributed by atoms with E-state index in [4.69, 9.17) is 11.0 Å². The van der Waals surface area contributed by atoms with Crippen molar-refractivity contribution >= 4 is 17.6 Å². The number of nitriles is 1. The van der Waals surface area contributed by atoms with Gasteiger partial charge in [0.25, 0.3) is 0 Å². The molecule has 0 aliphatic rings. The summed E-state index contributed by atoms with van der Waals surface area (Å²) >= 11 is 0. The highest BCUT2D eigenvalue weighted by Crippen LogP contribution is 2.24. The molecule has 6 heteroatoms. The fraction of sp³-hybridized carbons (Fsp3) is 0.231. The van der Waals surface area contributed by atoms with Crippen molar-refractivity contribution < 1.29 is 0 Å². The Balaban J connectivity index is 2.52. The largest absolute Gasteiger partial charge is 0.368 e. The van der Waals surface area contributed by atoms with Crippen LogP contribution >= 0.6 is 0 Å². The molecule has 1 heterocycles. The molecule has 96 valence electrons. The first-order chi connectivity index (χ1) is 9.11. The van der Waals surface area contributed by atoms with Crippen LogP contribution in [-0.4, -0.2) is 21.0 Å². The second-order valence-corrected chi connectivity index (χ2v) is 4.23. The van der Waals surface area contributed by atoms with Gasteiger partial charge in [0.15, 0.2) is 0 Å². The molecule has 1 aromatic heterocycles. The molecule has 6 nitrogen and oxygen atoms in total. The molecule has 0 aliphatic carbocycles. The van der Waals surface area contributed by atoms with Crippen LogP contribution in [0.4, 0.5) is 17.6 Å². The normalized spacial score (nSPS) is 10.2. The van der Waals surface area contributed by atoms with Gasteiger partial charge >= 0.3 is 0 Å². The number of nitrogens with two attached hydrogens (primary N) is 1. The Labute approximate surface area is 111 Å². The van der Waals surface area contributed by atoms with Crippen LogP contribution in [0, 0.1) is 11.3 Å². The second kappa shape index (κ2) is 5.31. The third kappa shape index (κ3) is 2.77. The lowest BCUT2D eigenvalue weighted by Gasteiger charge is -2.26. The molecule has 19 heavy (non-hydrogen) atoms. The zero-order chi connectivity index (χ0) is 13.8. The number of hydrogen-bond acceptors (Lipinski definition) is 6. The smallest absolute Gasteiger partial charge is 0.238 e. The van der Waals surface area contributed by atoms with Gasteiger partial charge in [0.1, 0.15) is 6.07 Å². The van der Waals surface area contributed by atoms with Gasteiger partial charge in [0.05, 0.1) is 0 Å². The summed E-state index contributed by atoms with van der Waals surface area (Å²) < 4.78 is 0. The summed E-state index contributed by atoms with van der Waals surface area (Å²) in [6.45, 7) is 4.03. The van der Waals surface area contributed by atoms with Crippen LogP contribution in [0.25, 0.3) is 0 Å². The Morgan fingerprint density at radius 1 is 1.16 bits per heavy atom. The second-order valence-electron chi connectivity index (χ2n) is 4.23. The topological polar surface area (TPSA) is 91.7 Å². The van der Waals surface area contributed by atoms with Crippen LogP contribution in [0.5, 0.6) is 0 Å². The minimum atomic E-state index is 0.0177. The third-order valence-corrected chi connectivity index (χ3v) is 2.51. The van der Waals surface area contributed by atoms with E-state index in [1.807, 2.05) is 55.1 Å². The van der Waals surface area contributed by atoms with E-state index in [0.29, 0.717) is 5.95 Å². The number of hydrogen-bond donors (Lipinski definition) is 1. The minimum absolute atomic E-state index is 0.0177. The number of para-hydroxylation sites is 1. The fourth-order valence-corrected chi connectivity index (χ4v) is 1.77. The standard InChI is InChI=1S/C13H14N6/c1-9(2)19(10-6-4-3-5-7-10)13-17-11(8-14)16-12(15)18-13/h3-7,9H,1-2H3,(H2,15,16,17,18). The van der Waals surface area contributed by atoms with Crippen molar-refractivity contribution in [2.45, 2.75) is 19.9 Å². The number of nitrogens with zero attached hydrogens (tertiary/aromatic N) is 5. The SMILES string of the molecule is CC(C)N(c1ccccc1)c1nc(N)nc(C#N)n1. The van der Waals surface area contributed by atoms with Crippen LogP contribution in [0.3, 0.4) is 0 Å². The maximum absolute atomic E-state index is 8.90. The maximum Gasteiger partial charge on any atom is 0.238 e. The van der Waals surface area contributed by atoms with Crippen molar-refractivity contribution in [3.8, 4) is 6.07 Å². The van der Waals surface area contributed by atoms with Crippen LogP contribution in [0.2, 0.25) is 0 Å². The Bertz CT molecular complexity index is 602. The van der Waals surface area contributed by atoms with Gasteiger partial charge < -0.3 is 10.6 Å². The van der Waals surface area contributed by atoms with Crippen molar-refractivity contribution in [1.29, 1.82) is 5.26 Å². The van der Waals surface area contributed by atoms with Crippen molar-refractivity contribution in [1.82, 2.24) is 15.0 Å². The number of aromatic nitrogens is 3. The van der Waals surface area contributed by atoms with Gasteiger partial charge in [-0.1, -0.05) is 18.2 Å². The van der Waals surface area contributed by atoms with E-state index < -0.39 is 0 Å². The molecular formula is C13H14N6.